The van der Waals surface area contributed by atoms with Crippen molar-refractivity contribution in [2.75, 3.05) is 0 Å². The molecule has 1 N–H and O–H groups in total. The molecule has 0 atom stereocenters. The first-order chi connectivity index (χ1) is 11.8. The molecular weight excluding hydrogens is 296 g/mol. The number of rotatable bonds is 3. The number of fused-ring (bicyclic) bond motifs is 1. The van der Waals surface area contributed by atoms with Crippen LogP contribution in [0.5, 0.6) is 0 Å². The summed E-state index contributed by atoms with van der Waals surface area (Å²) < 4.78 is 0. The number of nitrogens with one attached hydrogen (secondary N) is 1. The Kier molecular flexibility index (Phi) is 3.67. The average molecular weight is 312 g/mol. The van der Waals surface area contributed by atoms with Crippen LogP contribution in [0.3, 0.4) is 0 Å². The molecule has 3 nitrogen and oxygen atoms in total. The summed E-state index contributed by atoms with van der Waals surface area (Å²) in [7, 11) is 0. The summed E-state index contributed by atoms with van der Waals surface area (Å²) in [6.07, 6.45) is 4.51. The van der Waals surface area contributed by atoms with Crippen molar-refractivity contribution in [1.29, 1.82) is 0 Å². The maximum absolute atomic E-state index is 11.4. The van der Waals surface area contributed by atoms with Crippen LogP contribution < -0.4 is 5.56 Å². The molecule has 0 aliphatic carbocycles. The Morgan fingerprint density at radius 3 is 2.71 bits per heavy atom. The van der Waals surface area contributed by atoms with E-state index in [9.17, 15) is 4.79 Å². The van der Waals surface area contributed by atoms with Gasteiger partial charge in [-0.3, -0.25) is 9.78 Å². The van der Waals surface area contributed by atoms with E-state index in [2.05, 4.69) is 52.4 Å². The minimum atomic E-state index is -0.0721. The van der Waals surface area contributed by atoms with Crippen molar-refractivity contribution in [3.8, 4) is 11.1 Å². The predicted octanol–water partition coefficient (Wildman–Crippen LogP) is 4.18. The lowest BCUT2D eigenvalue weighted by Gasteiger charge is -2.10. The summed E-state index contributed by atoms with van der Waals surface area (Å²) in [4.78, 5) is 18.5. The number of hydrogen-bond acceptors (Lipinski definition) is 2. The first kappa shape index (κ1) is 14.4. The summed E-state index contributed by atoms with van der Waals surface area (Å²) in [5.74, 6) is 0. The molecule has 2 aromatic carbocycles. The second-order valence-corrected chi connectivity index (χ2v) is 5.82. The summed E-state index contributed by atoms with van der Waals surface area (Å²) >= 11 is 0. The quantitative estimate of drug-likeness (QED) is 0.617. The minimum absolute atomic E-state index is 0.0721. The summed E-state index contributed by atoms with van der Waals surface area (Å²) in [5, 5.41) is 1.05. The van der Waals surface area contributed by atoms with E-state index in [1.54, 1.807) is 12.3 Å². The van der Waals surface area contributed by atoms with Crippen molar-refractivity contribution < 1.29 is 0 Å². The zero-order valence-corrected chi connectivity index (χ0v) is 13.1. The van der Waals surface area contributed by atoms with E-state index < -0.39 is 0 Å². The molecule has 116 valence electrons. The number of nitrogens with zero attached hydrogens (tertiary/aromatic N) is 1. The first-order valence-corrected chi connectivity index (χ1v) is 7.90. The molecule has 0 radical (unpaired) electrons. The van der Waals surface area contributed by atoms with Crippen LogP contribution in [0.4, 0.5) is 0 Å². The third-order valence-corrected chi connectivity index (χ3v) is 4.17. The van der Waals surface area contributed by atoms with Crippen molar-refractivity contribution in [2.24, 2.45) is 0 Å². The van der Waals surface area contributed by atoms with Crippen LogP contribution in [0.1, 0.15) is 11.1 Å². The maximum atomic E-state index is 11.4. The molecule has 3 heteroatoms. The van der Waals surface area contributed by atoms with Gasteiger partial charge in [0.2, 0.25) is 5.56 Å². The second-order valence-electron chi connectivity index (χ2n) is 5.82. The minimum Gasteiger partial charge on any atom is -0.322 e. The van der Waals surface area contributed by atoms with E-state index in [4.69, 9.17) is 0 Å². The van der Waals surface area contributed by atoms with Gasteiger partial charge in [-0.2, -0.15) is 0 Å². The van der Waals surface area contributed by atoms with E-state index in [1.807, 2.05) is 24.4 Å². The Bertz CT molecular complexity index is 1050. The van der Waals surface area contributed by atoms with Gasteiger partial charge in [0, 0.05) is 29.5 Å². The van der Waals surface area contributed by atoms with Crippen LogP contribution >= 0.6 is 0 Å². The van der Waals surface area contributed by atoms with Gasteiger partial charge in [-0.25, -0.2) is 0 Å². The molecule has 0 saturated heterocycles. The molecule has 4 rings (SSSR count). The largest absolute Gasteiger partial charge is 0.322 e. The SMILES string of the molecule is O=c1ccc2cc(Cc3ccccc3-c3cccnc3)ccc2[nH]1. The topological polar surface area (TPSA) is 45.8 Å². The molecule has 4 aromatic rings. The number of aromatic amines is 1. The lowest BCUT2D eigenvalue weighted by atomic mass is 9.95. The molecule has 0 fully saturated rings. The van der Waals surface area contributed by atoms with Gasteiger partial charge in [0.25, 0.3) is 0 Å². The highest BCUT2D eigenvalue weighted by atomic mass is 16.1. The Morgan fingerprint density at radius 2 is 1.83 bits per heavy atom. The summed E-state index contributed by atoms with van der Waals surface area (Å²) in [6, 6.07) is 22.0. The van der Waals surface area contributed by atoms with Gasteiger partial charge in [-0.15, -0.1) is 0 Å². The van der Waals surface area contributed by atoms with Crippen LogP contribution in [0.2, 0.25) is 0 Å². The van der Waals surface area contributed by atoms with E-state index in [1.165, 1.54) is 16.7 Å². The Balaban J connectivity index is 1.74. The molecule has 0 spiro atoms. The van der Waals surface area contributed by atoms with Gasteiger partial charge in [-0.05, 0) is 52.8 Å². The number of pyridine rings is 2. The van der Waals surface area contributed by atoms with Crippen molar-refractivity contribution in [1.82, 2.24) is 9.97 Å². The van der Waals surface area contributed by atoms with E-state index in [0.717, 1.165) is 22.9 Å². The van der Waals surface area contributed by atoms with Crippen LogP contribution in [0, 0.1) is 0 Å². The Morgan fingerprint density at radius 1 is 0.917 bits per heavy atom. The van der Waals surface area contributed by atoms with Crippen molar-refractivity contribution in [3.05, 3.63) is 101 Å². The standard InChI is InChI=1S/C21H16N2O/c24-21-10-8-17-13-15(7-9-20(17)23-21)12-16-4-1-2-6-19(16)18-5-3-11-22-14-18/h1-11,13-14H,12H2,(H,23,24). The predicted molar refractivity (Wildman–Crippen MR) is 97.0 cm³/mol. The number of H-pyrrole nitrogens is 1. The third-order valence-electron chi connectivity index (χ3n) is 4.17. The van der Waals surface area contributed by atoms with Gasteiger partial charge in [0.1, 0.15) is 0 Å². The van der Waals surface area contributed by atoms with Crippen LogP contribution in [-0.4, -0.2) is 9.97 Å². The lowest BCUT2D eigenvalue weighted by molar-refractivity contribution is 1.19. The number of benzene rings is 2. The third kappa shape index (κ3) is 2.84. The number of hydrogen-bond donors (Lipinski definition) is 1. The Labute approximate surface area is 139 Å². The van der Waals surface area contributed by atoms with E-state index in [-0.39, 0.29) is 5.56 Å². The fourth-order valence-corrected chi connectivity index (χ4v) is 3.01. The fourth-order valence-electron chi connectivity index (χ4n) is 3.01. The molecule has 24 heavy (non-hydrogen) atoms. The highest BCUT2D eigenvalue weighted by Crippen LogP contribution is 2.25. The first-order valence-electron chi connectivity index (χ1n) is 7.90. The molecule has 0 saturated carbocycles. The molecule has 0 unspecified atom stereocenters. The fraction of sp³-hybridized carbons (Fsp3) is 0.0476. The molecular formula is C21H16N2O. The van der Waals surface area contributed by atoms with Crippen molar-refractivity contribution >= 4 is 10.9 Å². The highest BCUT2D eigenvalue weighted by Gasteiger charge is 2.06. The molecule has 0 aliphatic heterocycles. The normalized spacial score (nSPS) is 10.8. The van der Waals surface area contributed by atoms with E-state index >= 15 is 0 Å². The van der Waals surface area contributed by atoms with Crippen molar-refractivity contribution in [2.45, 2.75) is 6.42 Å². The Hall–Kier alpha value is -3.20. The second kappa shape index (κ2) is 6.13. The molecule has 0 amide bonds. The van der Waals surface area contributed by atoms with Gasteiger partial charge >= 0.3 is 0 Å². The molecule has 0 bridgehead atoms. The van der Waals surface area contributed by atoms with Gasteiger partial charge in [-0.1, -0.05) is 36.4 Å². The van der Waals surface area contributed by atoms with E-state index in [0.29, 0.717) is 0 Å². The molecule has 2 aromatic heterocycles. The molecule has 2 heterocycles. The van der Waals surface area contributed by atoms with Crippen molar-refractivity contribution in [3.63, 3.8) is 0 Å². The van der Waals surface area contributed by atoms with Gasteiger partial charge < -0.3 is 4.98 Å². The monoisotopic (exact) mass is 312 g/mol. The molecule has 0 aliphatic rings. The zero-order valence-electron chi connectivity index (χ0n) is 13.1. The zero-order chi connectivity index (χ0) is 16.4. The summed E-state index contributed by atoms with van der Waals surface area (Å²) in [5.41, 5.74) is 5.59. The van der Waals surface area contributed by atoms with Gasteiger partial charge in [0.05, 0.1) is 0 Å². The summed E-state index contributed by atoms with van der Waals surface area (Å²) in [6.45, 7) is 0. The highest BCUT2D eigenvalue weighted by molar-refractivity contribution is 5.79. The van der Waals surface area contributed by atoms with Crippen LogP contribution in [-0.2, 0) is 6.42 Å². The van der Waals surface area contributed by atoms with Gasteiger partial charge in [0.15, 0.2) is 0 Å². The smallest absolute Gasteiger partial charge is 0.248 e. The average Bonchev–Trinajstić information content (AvgIpc) is 2.63. The van der Waals surface area contributed by atoms with Crippen LogP contribution in [0.25, 0.3) is 22.0 Å². The maximum Gasteiger partial charge on any atom is 0.248 e. The van der Waals surface area contributed by atoms with Crippen LogP contribution in [0.15, 0.2) is 83.9 Å². The number of aromatic nitrogens is 2. The lowest BCUT2D eigenvalue weighted by Crippen LogP contribution is -2.02.